The summed E-state index contributed by atoms with van der Waals surface area (Å²) in [6.45, 7) is 7.98. The van der Waals surface area contributed by atoms with Crippen molar-refractivity contribution in [1.29, 1.82) is 0 Å². The van der Waals surface area contributed by atoms with Crippen LogP contribution in [0, 0.1) is 0 Å². The van der Waals surface area contributed by atoms with E-state index >= 15 is 0 Å². The monoisotopic (exact) mass is 558 g/mol. The van der Waals surface area contributed by atoms with Crippen LogP contribution in [0.1, 0.15) is 45.2 Å². The molecule has 0 bridgehead atoms. The van der Waals surface area contributed by atoms with E-state index in [1.165, 1.54) is 11.8 Å². The maximum absolute atomic E-state index is 13.3. The Kier molecular flexibility index (Phi) is 10.4. The fourth-order valence-electron chi connectivity index (χ4n) is 3.13. The lowest BCUT2D eigenvalue weighted by atomic mass is 10.1. The van der Waals surface area contributed by atoms with Gasteiger partial charge < -0.3 is 10.2 Å². The molecule has 2 rings (SSSR count). The van der Waals surface area contributed by atoms with Crippen molar-refractivity contribution in [2.45, 2.75) is 58.0 Å². The predicted molar refractivity (Wildman–Crippen MR) is 139 cm³/mol. The zero-order chi connectivity index (χ0) is 23.9. The van der Waals surface area contributed by atoms with Crippen LogP contribution in [0.3, 0.4) is 0 Å². The van der Waals surface area contributed by atoms with E-state index in [1.54, 1.807) is 17.0 Å². The summed E-state index contributed by atoms with van der Waals surface area (Å²) in [4.78, 5) is 27.9. The summed E-state index contributed by atoms with van der Waals surface area (Å²) in [5, 5.41) is 3.89. The molecule has 2 amide bonds. The zero-order valence-corrected chi connectivity index (χ0v) is 22.7. The Morgan fingerprint density at radius 2 is 1.69 bits per heavy atom. The first-order valence-electron chi connectivity index (χ1n) is 10.4. The lowest BCUT2D eigenvalue weighted by molar-refractivity contribution is -0.140. The molecule has 0 aromatic heterocycles. The fourth-order valence-corrected chi connectivity index (χ4v) is 4.58. The van der Waals surface area contributed by atoms with E-state index in [1.807, 2.05) is 58.0 Å². The molecule has 0 unspecified atom stereocenters. The number of nitrogens with one attached hydrogen (secondary N) is 1. The van der Waals surface area contributed by atoms with Crippen molar-refractivity contribution < 1.29 is 9.59 Å². The predicted octanol–water partition coefficient (Wildman–Crippen LogP) is 6.71. The molecule has 0 saturated carbocycles. The third-order valence-electron chi connectivity index (χ3n) is 4.63. The molecule has 4 nitrogen and oxygen atoms in total. The Bertz CT molecular complexity index is 933. The van der Waals surface area contributed by atoms with Gasteiger partial charge in [-0.05, 0) is 62.6 Å². The van der Waals surface area contributed by atoms with Crippen molar-refractivity contribution in [3.8, 4) is 0 Å². The van der Waals surface area contributed by atoms with Gasteiger partial charge in [0.2, 0.25) is 11.8 Å². The van der Waals surface area contributed by atoms with Crippen LogP contribution in [0.4, 0.5) is 0 Å². The Balaban J connectivity index is 2.18. The van der Waals surface area contributed by atoms with Crippen molar-refractivity contribution in [3.63, 3.8) is 0 Å². The standard InChI is InChI=1S/C24H29BrCl2N2O2S/c1-5-21(23(31)28-24(2,3)4)29(13-17-8-11-19(26)20(27)12-17)22(30)15-32-14-16-6-9-18(25)10-7-16/h6-12,21H,5,13-15H2,1-4H3,(H,28,31)/t21-/m1/s1. The van der Waals surface area contributed by atoms with Crippen molar-refractivity contribution in [2.75, 3.05) is 5.75 Å². The van der Waals surface area contributed by atoms with Gasteiger partial charge in [-0.3, -0.25) is 9.59 Å². The van der Waals surface area contributed by atoms with Gasteiger partial charge in [-0.1, -0.05) is 64.3 Å². The highest BCUT2D eigenvalue weighted by molar-refractivity contribution is 9.10. The first kappa shape index (κ1) is 27.0. The van der Waals surface area contributed by atoms with E-state index in [0.29, 0.717) is 22.2 Å². The molecular formula is C24H29BrCl2N2O2S. The van der Waals surface area contributed by atoms with Crippen LogP contribution in [-0.4, -0.2) is 34.0 Å². The van der Waals surface area contributed by atoms with Crippen LogP contribution in [-0.2, 0) is 21.9 Å². The molecule has 0 aliphatic carbocycles. The van der Waals surface area contributed by atoms with Gasteiger partial charge in [-0.15, -0.1) is 11.8 Å². The highest BCUT2D eigenvalue weighted by Crippen LogP contribution is 2.25. The molecule has 1 atom stereocenters. The van der Waals surface area contributed by atoms with Gasteiger partial charge in [-0.2, -0.15) is 0 Å². The molecule has 2 aromatic rings. The molecule has 1 N–H and O–H groups in total. The quantitative estimate of drug-likeness (QED) is 0.371. The first-order chi connectivity index (χ1) is 15.0. The number of nitrogens with zero attached hydrogens (tertiary/aromatic N) is 1. The molecule has 174 valence electrons. The van der Waals surface area contributed by atoms with Crippen molar-refractivity contribution in [2.24, 2.45) is 0 Å². The smallest absolute Gasteiger partial charge is 0.243 e. The van der Waals surface area contributed by atoms with E-state index in [2.05, 4.69) is 21.2 Å². The minimum atomic E-state index is -0.579. The van der Waals surface area contributed by atoms with Crippen molar-refractivity contribution in [1.82, 2.24) is 10.2 Å². The number of benzene rings is 2. The average Bonchev–Trinajstić information content (AvgIpc) is 2.70. The molecule has 0 spiro atoms. The molecule has 2 aromatic carbocycles. The summed E-state index contributed by atoms with van der Waals surface area (Å²) >= 11 is 17.2. The van der Waals surface area contributed by atoms with Crippen LogP contribution < -0.4 is 5.32 Å². The lowest BCUT2D eigenvalue weighted by Crippen LogP contribution is -2.53. The molecular weight excluding hydrogens is 531 g/mol. The number of halogens is 3. The number of carbonyl (C=O) groups excluding carboxylic acids is 2. The minimum Gasteiger partial charge on any atom is -0.350 e. The Morgan fingerprint density at radius 1 is 1.06 bits per heavy atom. The number of thioether (sulfide) groups is 1. The minimum absolute atomic E-state index is 0.0888. The van der Waals surface area contributed by atoms with Crippen molar-refractivity contribution in [3.05, 3.63) is 68.1 Å². The third-order valence-corrected chi connectivity index (χ3v) is 6.88. The molecule has 0 fully saturated rings. The molecule has 8 heteroatoms. The molecule has 32 heavy (non-hydrogen) atoms. The van der Waals surface area contributed by atoms with Gasteiger partial charge in [0.1, 0.15) is 6.04 Å². The summed E-state index contributed by atoms with van der Waals surface area (Å²) in [6.07, 6.45) is 0.506. The third kappa shape index (κ3) is 8.62. The largest absolute Gasteiger partial charge is 0.350 e. The Hall–Kier alpha value is -1.21. The second-order valence-electron chi connectivity index (χ2n) is 8.55. The maximum atomic E-state index is 13.3. The summed E-state index contributed by atoms with van der Waals surface area (Å²) in [5.41, 5.74) is 1.58. The number of hydrogen-bond donors (Lipinski definition) is 1. The van der Waals surface area contributed by atoms with Crippen molar-refractivity contribution >= 4 is 62.7 Å². The number of rotatable bonds is 9. The Labute approximate surface area is 213 Å². The van der Waals surface area contributed by atoms with Crippen LogP contribution >= 0.6 is 50.9 Å². The normalized spacial score (nSPS) is 12.3. The molecule has 0 radical (unpaired) electrons. The van der Waals surface area contributed by atoms with E-state index in [9.17, 15) is 9.59 Å². The molecule has 0 aliphatic heterocycles. The lowest BCUT2D eigenvalue weighted by Gasteiger charge is -2.33. The Morgan fingerprint density at radius 3 is 2.25 bits per heavy atom. The molecule has 0 aliphatic rings. The molecule has 0 saturated heterocycles. The summed E-state index contributed by atoms with van der Waals surface area (Å²) in [5.74, 6) is 0.738. The number of amides is 2. The van der Waals surface area contributed by atoms with Gasteiger partial charge in [-0.25, -0.2) is 0 Å². The highest BCUT2D eigenvalue weighted by atomic mass is 79.9. The summed E-state index contributed by atoms with van der Waals surface area (Å²) in [6, 6.07) is 12.7. The van der Waals surface area contributed by atoms with E-state index in [4.69, 9.17) is 23.2 Å². The molecule has 0 heterocycles. The summed E-state index contributed by atoms with van der Waals surface area (Å²) in [7, 11) is 0. The van der Waals surface area contributed by atoms with Crippen LogP contribution in [0.5, 0.6) is 0 Å². The van der Waals surface area contributed by atoms with Gasteiger partial charge in [0.25, 0.3) is 0 Å². The number of hydrogen-bond acceptors (Lipinski definition) is 3. The average molecular weight is 560 g/mol. The first-order valence-corrected chi connectivity index (χ1v) is 13.1. The van der Waals surface area contributed by atoms with Gasteiger partial charge >= 0.3 is 0 Å². The SMILES string of the molecule is CC[C@H](C(=O)NC(C)(C)C)N(Cc1ccc(Cl)c(Cl)c1)C(=O)CSCc1ccc(Br)cc1. The topological polar surface area (TPSA) is 49.4 Å². The van der Waals surface area contributed by atoms with Crippen LogP contribution in [0.2, 0.25) is 10.0 Å². The van der Waals surface area contributed by atoms with E-state index in [0.717, 1.165) is 15.6 Å². The fraction of sp³-hybridized carbons (Fsp3) is 0.417. The van der Waals surface area contributed by atoms with E-state index < -0.39 is 6.04 Å². The van der Waals surface area contributed by atoms with Gasteiger partial charge in [0.15, 0.2) is 0 Å². The second kappa shape index (κ2) is 12.3. The number of carbonyl (C=O) groups is 2. The maximum Gasteiger partial charge on any atom is 0.243 e. The van der Waals surface area contributed by atoms with Crippen LogP contribution in [0.25, 0.3) is 0 Å². The second-order valence-corrected chi connectivity index (χ2v) is 11.3. The van der Waals surface area contributed by atoms with Gasteiger partial charge in [0.05, 0.1) is 15.8 Å². The van der Waals surface area contributed by atoms with Gasteiger partial charge in [0, 0.05) is 22.3 Å². The summed E-state index contributed by atoms with van der Waals surface area (Å²) < 4.78 is 1.02. The van der Waals surface area contributed by atoms with Crippen LogP contribution in [0.15, 0.2) is 46.9 Å². The van der Waals surface area contributed by atoms with E-state index in [-0.39, 0.29) is 29.7 Å². The zero-order valence-electron chi connectivity index (χ0n) is 18.8. The highest BCUT2D eigenvalue weighted by Gasteiger charge is 2.30.